The second kappa shape index (κ2) is 7.90. The van der Waals surface area contributed by atoms with Gasteiger partial charge in [0.1, 0.15) is 17.2 Å². The van der Waals surface area contributed by atoms with Crippen molar-refractivity contribution in [3.8, 4) is 0 Å². The SMILES string of the molecule is CN(C)CCc1nc2c(F)c(F)cc(C(=N)N(O)c3ccc(F)c(Br)c3)c2[nH]1. The van der Waals surface area contributed by atoms with Crippen LogP contribution in [0.4, 0.5) is 18.9 Å². The van der Waals surface area contributed by atoms with Crippen LogP contribution in [0.15, 0.2) is 28.7 Å². The summed E-state index contributed by atoms with van der Waals surface area (Å²) in [6.07, 6.45) is 0.462. The van der Waals surface area contributed by atoms with Crippen molar-refractivity contribution in [3.63, 3.8) is 0 Å². The Morgan fingerprint density at radius 2 is 1.93 bits per heavy atom. The molecule has 0 fully saturated rings. The van der Waals surface area contributed by atoms with Gasteiger partial charge in [-0.05, 0) is 54.3 Å². The van der Waals surface area contributed by atoms with E-state index in [0.29, 0.717) is 23.9 Å². The van der Waals surface area contributed by atoms with Gasteiger partial charge in [-0.2, -0.15) is 0 Å². The van der Waals surface area contributed by atoms with Gasteiger partial charge in [-0.1, -0.05) is 0 Å². The molecule has 0 radical (unpaired) electrons. The third-order valence-electron chi connectivity index (χ3n) is 4.12. The maximum absolute atomic E-state index is 14.2. The molecule has 0 unspecified atom stereocenters. The first-order valence-electron chi connectivity index (χ1n) is 8.23. The molecule has 1 aromatic heterocycles. The number of fused-ring (bicyclic) bond motifs is 1. The molecular weight excluding hydrogens is 439 g/mol. The van der Waals surface area contributed by atoms with E-state index in [1.807, 2.05) is 19.0 Å². The quantitative estimate of drug-likeness (QED) is 0.307. The summed E-state index contributed by atoms with van der Waals surface area (Å²) in [5, 5.41) is 19.1. The number of nitrogens with zero attached hydrogens (tertiary/aromatic N) is 3. The third kappa shape index (κ3) is 3.89. The minimum Gasteiger partial charge on any atom is -0.341 e. The summed E-state index contributed by atoms with van der Waals surface area (Å²) in [5.74, 6) is -2.96. The van der Waals surface area contributed by atoms with Crippen molar-refractivity contribution < 1.29 is 18.4 Å². The van der Waals surface area contributed by atoms with Crippen LogP contribution in [0, 0.1) is 22.9 Å². The van der Waals surface area contributed by atoms with Crippen LogP contribution in [-0.2, 0) is 6.42 Å². The zero-order chi connectivity index (χ0) is 20.6. The van der Waals surface area contributed by atoms with Gasteiger partial charge >= 0.3 is 0 Å². The van der Waals surface area contributed by atoms with Crippen molar-refractivity contribution in [1.29, 1.82) is 5.41 Å². The van der Waals surface area contributed by atoms with E-state index >= 15 is 0 Å². The molecule has 2 aromatic carbocycles. The number of likely N-dealkylation sites (N-methyl/N-ethyl adjacent to an activating group) is 1. The van der Waals surface area contributed by atoms with Crippen molar-refractivity contribution in [2.75, 3.05) is 25.7 Å². The summed E-state index contributed by atoms with van der Waals surface area (Å²) in [4.78, 5) is 8.91. The number of hydrogen-bond acceptors (Lipinski definition) is 4. The normalized spacial score (nSPS) is 11.4. The minimum absolute atomic E-state index is 0.0727. The molecule has 0 atom stereocenters. The summed E-state index contributed by atoms with van der Waals surface area (Å²) < 4.78 is 41.8. The molecule has 0 aliphatic rings. The highest BCUT2D eigenvalue weighted by Crippen LogP contribution is 2.27. The Morgan fingerprint density at radius 1 is 1.21 bits per heavy atom. The first-order chi connectivity index (χ1) is 13.2. The monoisotopic (exact) mass is 455 g/mol. The lowest BCUT2D eigenvalue weighted by atomic mass is 10.1. The van der Waals surface area contributed by atoms with Gasteiger partial charge < -0.3 is 9.88 Å². The van der Waals surface area contributed by atoms with Crippen molar-refractivity contribution >= 4 is 38.5 Å². The molecular formula is C18H17BrF3N5O. The summed E-state index contributed by atoms with van der Waals surface area (Å²) >= 11 is 3.00. The third-order valence-corrected chi connectivity index (χ3v) is 4.73. The lowest BCUT2D eigenvalue weighted by Crippen LogP contribution is -2.27. The van der Waals surface area contributed by atoms with Crippen LogP contribution in [-0.4, -0.2) is 46.6 Å². The highest BCUT2D eigenvalue weighted by molar-refractivity contribution is 9.10. The summed E-state index contributed by atoms with van der Waals surface area (Å²) in [5.41, 5.74) is -0.163. The maximum atomic E-state index is 14.2. The van der Waals surface area contributed by atoms with Crippen LogP contribution >= 0.6 is 15.9 Å². The smallest absolute Gasteiger partial charge is 0.186 e. The fraction of sp³-hybridized carbons (Fsp3) is 0.222. The van der Waals surface area contributed by atoms with E-state index < -0.39 is 23.3 Å². The van der Waals surface area contributed by atoms with Gasteiger partial charge in [0, 0.05) is 18.5 Å². The van der Waals surface area contributed by atoms with Crippen molar-refractivity contribution in [3.05, 3.63) is 57.6 Å². The van der Waals surface area contributed by atoms with Crippen LogP contribution in [0.25, 0.3) is 11.0 Å². The molecule has 1 heterocycles. The van der Waals surface area contributed by atoms with Crippen LogP contribution in [0.1, 0.15) is 11.4 Å². The number of imidazole rings is 1. The summed E-state index contributed by atoms with van der Waals surface area (Å²) in [6.45, 7) is 0.631. The minimum atomic E-state index is -1.19. The molecule has 6 nitrogen and oxygen atoms in total. The van der Waals surface area contributed by atoms with Gasteiger partial charge in [0.2, 0.25) is 0 Å². The number of benzene rings is 2. The predicted octanol–water partition coefficient (Wildman–Crippen LogP) is 4.07. The number of amidine groups is 1. The number of H-pyrrole nitrogens is 1. The zero-order valence-corrected chi connectivity index (χ0v) is 16.6. The standard InChI is InChI=1S/C18H17BrF3N5O/c1-26(2)6-5-14-24-16-10(8-13(21)15(22)17(16)25-14)18(23)27(28)9-3-4-12(20)11(19)7-9/h3-4,7-8,23,28H,5-6H2,1-2H3,(H,24,25). The van der Waals surface area contributed by atoms with Crippen molar-refractivity contribution in [2.24, 2.45) is 0 Å². The Bertz CT molecular complexity index is 1050. The number of nitrogens with one attached hydrogen (secondary N) is 2. The number of halogens is 4. The second-order valence-electron chi connectivity index (χ2n) is 6.44. The zero-order valence-electron chi connectivity index (χ0n) is 15.0. The average molecular weight is 456 g/mol. The topological polar surface area (TPSA) is 79.2 Å². The molecule has 0 aliphatic carbocycles. The number of aromatic amines is 1. The van der Waals surface area contributed by atoms with Crippen LogP contribution in [0.5, 0.6) is 0 Å². The molecule has 0 bridgehead atoms. The van der Waals surface area contributed by atoms with E-state index in [1.165, 1.54) is 12.1 Å². The van der Waals surface area contributed by atoms with Crippen LogP contribution in [0.2, 0.25) is 0 Å². The Hall–Kier alpha value is -2.43. The van der Waals surface area contributed by atoms with Gasteiger partial charge in [0.05, 0.1) is 15.7 Å². The fourth-order valence-corrected chi connectivity index (χ4v) is 3.01. The molecule has 0 aliphatic heterocycles. The molecule has 28 heavy (non-hydrogen) atoms. The highest BCUT2D eigenvalue weighted by Gasteiger charge is 2.22. The molecule has 3 N–H and O–H groups in total. The number of hydrogen-bond donors (Lipinski definition) is 3. The predicted molar refractivity (Wildman–Crippen MR) is 103 cm³/mol. The molecule has 3 aromatic rings. The first kappa shape index (κ1) is 20.3. The molecule has 0 spiro atoms. The average Bonchev–Trinajstić information content (AvgIpc) is 3.08. The number of rotatable bonds is 5. The molecule has 10 heteroatoms. The Balaban J connectivity index is 2.04. The van der Waals surface area contributed by atoms with Gasteiger partial charge in [0.15, 0.2) is 17.5 Å². The van der Waals surface area contributed by atoms with Crippen LogP contribution < -0.4 is 5.06 Å². The number of aromatic nitrogens is 2. The van der Waals surface area contributed by atoms with Gasteiger partial charge in [0.25, 0.3) is 0 Å². The molecule has 0 saturated carbocycles. The molecule has 148 valence electrons. The number of hydroxylamine groups is 1. The Labute approximate surface area is 167 Å². The van der Waals surface area contributed by atoms with Crippen molar-refractivity contribution in [1.82, 2.24) is 14.9 Å². The van der Waals surface area contributed by atoms with E-state index in [1.54, 1.807) is 0 Å². The largest absolute Gasteiger partial charge is 0.341 e. The highest BCUT2D eigenvalue weighted by atomic mass is 79.9. The van der Waals surface area contributed by atoms with E-state index in [0.717, 1.165) is 12.1 Å². The van der Waals surface area contributed by atoms with Crippen molar-refractivity contribution in [2.45, 2.75) is 6.42 Å². The number of anilines is 1. The fourth-order valence-electron chi connectivity index (χ4n) is 2.65. The van der Waals surface area contributed by atoms with Gasteiger partial charge in [-0.15, -0.1) is 0 Å². The summed E-state index contributed by atoms with van der Waals surface area (Å²) in [6, 6.07) is 4.43. The summed E-state index contributed by atoms with van der Waals surface area (Å²) in [7, 11) is 3.74. The van der Waals surface area contributed by atoms with E-state index in [-0.39, 0.29) is 26.8 Å². The van der Waals surface area contributed by atoms with E-state index in [9.17, 15) is 18.4 Å². The van der Waals surface area contributed by atoms with Gasteiger partial charge in [-0.3, -0.25) is 10.6 Å². The lowest BCUT2D eigenvalue weighted by Gasteiger charge is -2.18. The van der Waals surface area contributed by atoms with E-state index in [2.05, 4.69) is 25.9 Å². The molecule has 0 saturated heterocycles. The Kier molecular flexibility index (Phi) is 5.73. The van der Waals surface area contributed by atoms with Crippen LogP contribution in [0.3, 0.4) is 0 Å². The second-order valence-corrected chi connectivity index (χ2v) is 7.29. The van der Waals surface area contributed by atoms with Gasteiger partial charge in [-0.25, -0.2) is 23.2 Å². The molecule has 3 rings (SSSR count). The maximum Gasteiger partial charge on any atom is 0.186 e. The Morgan fingerprint density at radius 3 is 2.57 bits per heavy atom. The molecule has 0 amide bonds. The van der Waals surface area contributed by atoms with E-state index in [4.69, 9.17) is 5.41 Å². The first-order valence-corrected chi connectivity index (χ1v) is 9.02. The lowest BCUT2D eigenvalue weighted by molar-refractivity contribution is 0.311.